The van der Waals surface area contributed by atoms with Crippen molar-refractivity contribution in [3.63, 3.8) is 0 Å². The largest absolute Gasteiger partial charge is 0.388 e. The zero-order valence-electron chi connectivity index (χ0n) is 9.17. The minimum Gasteiger partial charge on any atom is -0.388 e. The lowest BCUT2D eigenvalue weighted by Crippen LogP contribution is -2.01. The predicted octanol–water partition coefficient (Wildman–Crippen LogP) is 3.30. The van der Waals surface area contributed by atoms with Crippen molar-refractivity contribution in [3.8, 4) is 0 Å². The van der Waals surface area contributed by atoms with Gasteiger partial charge in [-0.25, -0.2) is 0 Å². The van der Waals surface area contributed by atoms with Crippen LogP contribution in [0.4, 0.5) is 0 Å². The lowest BCUT2D eigenvalue weighted by molar-refractivity contribution is 0.177. The van der Waals surface area contributed by atoms with Gasteiger partial charge in [0.1, 0.15) is 0 Å². The number of hydrogen-bond acceptors (Lipinski definition) is 1. The van der Waals surface area contributed by atoms with Gasteiger partial charge in [0.25, 0.3) is 0 Å². The molecule has 0 fully saturated rings. The van der Waals surface area contributed by atoms with E-state index < -0.39 is 6.10 Å². The molecule has 14 heavy (non-hydrogen) atoms. The summed E-state index contributed by atoms with van der Waals surface area (Å²) in [5.41, 5.74) is 4.44. The van der Waals surface area contributed by atoms with Gasteiger partial charge in [-0.05, 0) is 43.9 Å². The molecule has 0 spiro atoms. The van der Waals surface area contributed by atoms with Crippen LogP contribution in [0.25, 0.3) is 0 Å². The second-order valence-electron chi connectivity index (χ2n) is 3.97. The van der Waals surface area contributed by atoms with Crippen LogP contribution in [0.15, 0.2) is 30.4 Å². The average molecular weight is 190 g/mol. The Kier molecular flexibility index (Phi) is 3.48. The second-order valence-corrected chi connectivity index (χ2v) is 3.97. The first-order chi connectivity index (χ1) is 6.52. The summed E-state index contributed by atoms with van der Waals surface area (Å²) in [5.74, 6) is 0. The van der Waals surface area contributed by atoms with Gasteiger partial charge in [0.05, 0.1) is 6.10 Å². The van der Waals surface area contributed by atoms with Crippen LogP contribution in [-0.2, 0) is 0 Å². The van der Waals surface area contributed by atoms with Crippen LogP contribution < -0.4 is 0 Å². The van der Waals surface area contributed by atoms with E-state index >= 15 is 0 Å². The molecule has 1 rings (SSSR count). The molecular formula is C13H18O. The van der Waals surface area contributed by atoms with Crippen LogP contribution in [0.3, 0.4) is 0 Å². The third kappa shape index (κ3) is 2.46. The lowest BCUT2D eigenvalue weighted by atomic mass is 9.96. The van der Waals surface area contributed by atoms with Crippen LogP contribution in [0.2, 0.25) is 0 Å². The van der Waals surface area contributed by atoms with Gasteiger partial charge >= 0.3 is 0 Å². The number of rotatable bonds is 3. The Morgan fingerprint density at radius 3 is 2.64 bits per heavy atom. The Balaban J connectivity index is 2.95. The van der Waals surface area contributed by atoms with E-state index in [2.05, 4.69) is 19.6 Å². The van der Waals surface area contributed by atoms with Gasteiger partial charge in [0.15, 0.2) is 0 Å². The van der Waals surface area contributed by atoms with Crippen molar-refractivity contribution in [2.45, 2.75) is 33.3 Å². The van der Waals surface area contributed by atoms with Crippen LogP contribution in [0.5, 0.6) is 0 Å². The van der Waals surface area contributed by atoms with E-state index in [4.69, 9.17) is 0 Å². The van der Waals surface area contributed by atoms with Gasteiger partial charge in [-0.1, -0.05) is 23.8 Å². The van der Waals surface area contributed by atoms with Crippen molar-refractivity contribution in [2.24, 2.45) is 0 Å². The molecule has 0 saturated carbocycles. The van der Waals surface area contributed by atoms with Gasteiger partial charge in [0.2, 0.25) is 0 Å². The Morgan fingerprint density at radius 2 is 2.07 bits per heavy atom. The molecule has 1 aromatic rings. The normalized spacial score (nSPS) is 12.6. The monoisotopic (exact) mass is 190 g/mol. The molecule has 1 atom stereocenters. The molecule has 0 saturated heterocycles. The van der Waals surface area contributed by atoms with Gasteiger partial charge in [-0.15, -0.1) is 6.58 Å². The molecule has 1 nitrogen and oxygen atoms in total. The molecule has 0 amide bonds. The third-order valence-electron chi connectivity index (χ3n) is 2.55. The first-order valence-corrected chi connectivity index (χ1v) is 4.91. The number of hydrogen-bond donors (Lipinski definition) is 1. The number of aryl methyl sites for hydroxylation is 1. The SMILES string of the molecule is C=C(C)CC(O)c1cccc(C)c1C. The van der Waals surface area contributed by atoms with E-state index in [-0.39, 0.29) is 0 Å². The average Bonchev–Trinajstić information content (AvgIpc) is 2.08. The minimum atomic E-state index is -0.410. The molecule has 1 N–H and O–H groups in total. The zero-order valence-corrected chi connectivity index (χ0v) is 9.17. The molecule has 0 radical (unpaired) electrons. The van der Waals surface area contributed by atoms with Crippen LogP contribution in [0, 0.1) is 13.8 Å². The van der Waals surface area contributed by atoms with E-state index in [0.717, 1.165) is 11.1 Å². The maximum absolute atomic E-state index is 9.94. The molecule has 0 aliphatic heterocycles. The Bertz CT molecular complexity index is 339. The smallest absolute Gasteiger partial charge is 0.0829 e. The summed E-state index contributed by atoms with van der Waals surface area (Å²) in [4.78, 5) is 0. The van der Waals surface area contributed by atoms with Gasteiger partial charge < -0.3 is 5.11 Å². The van der Waals surface area contributed by atoms with E-state index in [1.807, 2.05) is 26.0 Å². The fourth-order valence-electron chi connectivity index (χ4n) is 1.57. The van der Waals surface area contributed by atoms with E-state index in [9.17, 15) is 5.11 Å². The highest BCUT2D eigenvalue weighted by Crippen LogP contribution is 2.24. The predicted molar refractivity (Wildman–Crippen MR) is 60.3 cm³/mol. The summed E-state index contributed by atoms with van der Waals surface area (Å²) in [6.45, 7) is 9.86. The molecule has 0 bridgehead atoms. The molecule has 0 aliphatic carbocycles. The van der Waals surface area contributed by atoms with Crippen molar-refractivity contribution < 1.29 is 5.11 Å². The standard InChI is InChI=1S/C13H18O/c1-9(2)8-13(14)12-7-5-6-10(3)11(12)4/h5-7,13-14H,1,8H2,2-4H3. The summed E-state index contributed by atoms with van der Waals surface area (Å²) in [7, 11) is 0. The second kappa shape index (κ2) is 4.43. The molecule has 1 heteroatoms. The highest BCUT2D eigenvalue weighted by Gasteiger charge is 2.10. The minimum absolute atomic E-state index is 0.410. The lowest BCUT2D eigenvalue weighted by Gasteiger charge is -2.15. The molecule has 1 aromatic carbocycles. The summed E-state index contributed by atoms with van der Waals surface area (Å²) in [6.07, 6.45) is 0.233. The molecule has 76 valence electrons. The van der Waals surface area contributed by atoms with Crippen molar-refractivity contribution in [1.29, 1.82) is 0 Å². The highest BCUT2D eigenvalue weighted by atomic mass is 16.3. The molecule has 0 aromatic heterocycles. The highest BCUT2D eigenvalue weighted by molar-refractivity contribution is 5.35. The van der Waals surface area contributed by atoms with Crippen molar-refractivity contribution >= 4 is 0 Å². The fraction of sp³-hybridized carbons (Fsp3) is 0.385. The fourth-order valence-corrected chi connectivity index (χ4v) is 1.57. The van der Waals surface area contributed by atoms with Crippen LogP contribution in [0.1, 0.15) is 36.1 Å². The van der Waals surface area contributed by atoms with Gasteiger partial charge in [-0.2, -0.15) is 0 Å². The quantitative estimate of drug-likeness (QED) is 0.725. The zero-order chi connectivity index (χ0) is 10.7. The third-order valence-corrected chi connectivity index (χ3v) is 2.55. The first kappa shape index (κ1) is 11.0. The van der Waals surface area contributed by atoms with E-state index in [1.165, 1.54) is 11.1 Å². The summed E-state index contributed by atoms with van der Waals surface area (Å²) in [5, 5.41) is 9.94. The first-order valence-electron chi connectivity index (χ1n) is 4.91. The summed E-state index contributed by atoms with van der Waals surface area (Å²) in [6, 6.07) is 6.03. The molecular weight excluding hydrogens is 172 g/mol. The maximum Gasteiger partial charge on any atom is 0.0829 e. The molecule has 0 aliphatic rings. The number of aliphatic hydroxyl groups is 1. The van der Waals surface area contributed by atoms with Gasteiger partial charge in [-0.3, -0.25) is 0 Å². The number of aliphatic hydroxyl groups excluding tert-OH is 1. The van der Waals surface area contributed by atoms with Crippen molar-refractivity contribution in [2.75, 3.05) is 0 Å². The maximum atomic E-state index is 9.94. The van der Waals surface area contributed by atoms with E-state index in [1.54, 1.807) is 0 Å². The van der Waals surface area contributed by atoms with Crippen LogP contribution >= 0.6 is 0 Å². The Morgan fingerprint density at radius 1 is 1.43 bits per heavy atom. The van der Waals surface area contributed by atoms with Crippen molar-refractivity contribution in [1.82, 2.24) is 0 Å². The van der Waals surface area contributed by atoms with E-state index in [0.29, 0.717) is 6.42 Å². The number of benzene rings is 1. The topological polar surface area (TPSA) is 20.2 Å². The summed E-state index contributed by atoms with van der Waals surface area (Å²) < 4.78 is 0. The molecule has 0 heterocycles. The molecule has 1 unspecified atom stereocenters. The Hall–Kier alpha value is -1.08. The summed E-state index contributed by atoms with van der Waals surface area (Å²) >= 11 is 0. The van der Waals surface area contributed by atoms with Crippen LogP contribution in [-0.4, -0.2) is 5.11 Å². The Labute approximate surface area is 86.1 Å². The van der Waals surface area contributed by atoms with Crippen molar-refractivity contribution in [3.05, 3.63) is 47.0 Å². The van der Waals surface area contributed by atoms with Gasteiger partial charge in [0, 0.05) is 0 Å².